The minimum atomic E-state index is -1.36. The molecule has 3 heterocycles. The van der Waals surface area contributed by atoms with Crippen LogP contribution in [0, 0.1) is 11.8 Å². The van der Waals surface area contributed by atoms with Crippen molar-refractivity contribution in [1.82, 2.24) is 20.1 Å². The lowest BCUT2D eigenvalue weighted by molar-refractivity contribution is -0.133. The number of aryl methyl sites for hydroxylation is 1. The van der Waals surface area contributed by atoms with Crippen molar-refractivity contribution in [3.8, 4) is 0 Å². The summed E-state index contributed by atoms with van der Waals surface area (Å²) in [6.07, 6.45) is 6.12. The van der Waals surface area contributed by atoms with Crippen LogP contribution >= 0.6 is 34.5 Å². The van der Waals surface area contributed by atoms with Crippen molar-refractivity contribution >= 4 is 52.4 Å². The van der Waals surface area contributed by atoms with Gasteiger partial charge in [0.15, 0.2) is 0 Å². The van der Waals surface area contributed by atoms with Crippen molar-refractivity contribution in [2.45, 2.75) is 69.4 Å². The first-order valence-corrected chi connectivity index (χ1v) is 17.3. The lowest BCUT2D eigenvalue weighted by Gasteiger charge is -2.46. The molecule has 2 aliphatic heterocycles. The molecule has 46 heavy (non-hydrogen) atoms. The fraction of sp³-hybridized carbons (Fsp3) is 0.515. The minimum Gasteiger partial charge on any atom is -0.478 e. The average molecular weight is 690 g/mol. The monoisotopic (exact) mass is 688 g/mol. The van der Waals surface area contributed by atoms with Gasteiger partial charge in [0.1, 0.15) is 0 Å². The Morgan fingerprint density at radius 1 is 0.978 bits per heavy atom. The minimum absolute atomic E-state index is 0.131. The number of nitrogens with one attached hydrogen (secondary N) is 1. The van der Waals surface area contributed by atoms with E-state index in [9.17, 15) is 29.7 Å². The predicted octanol–water partition coefficient (Wildman–Crippen LogP) is 4.92. The van der Waals surface area contributed by atoms with Gasteiger partial charge < -0.3 is 25.5 Å². The summed E-state index contributed by atoms with van der Waals surface area (Å²) in [6, 6.07) is 5.08. The van der Waals surface area contributed by atoms with E-state index in [2.05, 4.69) is 15.2 Å². The number of carboxylic acid groups (broad SMARTS) is 2. The molecule has 3 unspecified atom stereocenters. The summed E-state index contributed by atoms with van der Waals surface area (Å²) < 4.78 is 0. The smallest absolute Gasteiger partial charge is 0.334 e. The number of aromatic nitrogens is 1. The van der Waals surface area contributed by atoms with Crippen molar-refractivity contribution in [2.75, 3.05) is 26.2 Å². The number of carbonyl (C=O) groups is 3. The Labute approximate surface area is 281 Å². The highest BCUT2D eigenvalue weighted by Crippen LogP contribution is 2.50. The number of dihydropyridines is 1. The molecule has 3 atom stereocenters. The second-order valence-electron chi connectivity index (χ2n) is 12.9. The van der Waals surface area contributed by atoms with Gasteiger partial charge in [0.2, 0.25) is 5.91 Å². The SMILES string of the molecule is CC1(O)C2CCC1CC(N1CCN(C(=O)CC3=C(C(=O)O)C(c4c(Cl)cccc4Cl)C(C(=O)O)=C(CCc4nccs4)N3)CC1)C2. The third-order valence-corrected chi connectivity index (χ3v) is 12.0. The largest absolute Gasteiger partial charge is 0.478 e. The van der Waals surface area contributed by atoms with Crippen LogP contribution in [0.25, 0.3) is 0 Å². The van der Waals surface area contributed by atoms with E-state index in [1.807, 2.05) is 12.3 Å². The highest BCUT2D eigenvalue weighted by molar-refractivity contribution is 7.09. The molecule has 1 saturated heterocycles. The summed E-state index contributed by atoms with van der Waals surface area (Å²) in [7, 11) is 0. The molecule has 1 amide bonds. The zero-order chi connectivity index (χ0) is 32.7. The quantitative estimate of drug-likeness (QED) is 0.289. The molecular weight excluding hydrogens is 651 g/mol. The molecular formula is C33H38Cl2N4O6S. The Morgan fingerprint density at radius 2 is 1.59 bits per heavy atom. The van der Waals surface area contributed by atoms with Crippen LogP contribution in [0.2, 0.25) is 10.0 Å². The molecule has 2 saturated carbocycles. The first kappa shape index (κ1) is 33.0. The third-order valence-electron chi connectivity index (χ3n) is 10.5. The van der Waals surface area contributed by atoms with Gasteiger partial charge in [-0.1, -0.05) is 29.3 Å². The molecule has 246 valence electrons. The number of amides is 1. The van der Waals surface area contributed by atoms with E-state index in [0.29, 0.717) is 56.2 Å². The zero-order valence-electron chi connectivity index (χ0n) is 25.5. The maximum Gasteiger partial charge on any atom is 0.334 e. The molecule has 6 rings (SSSR count). The number of aliphatic hydroxyl groups is 1. The number of rotatable bonds is 9. The van der Waals surface area contributed by atoms with Crippen LogP contribution in [0.5, 0.6) is 0 Å². The van der Waals surface area contributed by atoms with Gasteiger partial charge in [-0.2, -0.15) is 0 Å². The predicted molar refractivity (Wildman–Crippen MR) is 175 cm³/mol. The topological polar surface area (TPSA) is 143 Å². The second kappa shape index (κ2) is 13.3. The molecule has 2 bridgehead atoms. The van der Waals surface area contributed by atoms with Gasteiger partial charge in [-0.3, -0.25) is 9.69 Å². The summed E-state index contributed by atoms with van der Waals surface area (Å²) in [5, 5.41) is 37.8. The summed E-state index contributed by atoms with van der Waals surface area (Å²) >= 11 is 14.6. The Morgan fingerprint density at radius 3 is 2.15 bits per heavy atom. The van der Waals surface area contributed by atoms with Crippen LogP contribution in [0.4, 0.5) is 0 Å². The fourth-order valence-corrected chi connectivity index (χ4v) is 9.25. The standard InChI is InChI=1S/C33H38Cl2N4O6S/c1-33(45)18-5-6-19(33)16-20(15-18)38-10-12-39(13-11-38)26(40)17-24-29(32(43)44)30(27-21(34)3-2-4-22(27)35)28(31(41)42)23(37-24)7-8-25-36-9-14-46-25/h2-4,9,14,18-20,30,37,45H,5-8,10-13,15-17H2,1H3,(H,41,42)(H,43,44). The number of piperazine rings is 1. The number of halogens is 2. The molecule has 10 nitrogen and oxygen atoms in total. The summed E-state index contributed by atoms with van der Waals surface area (Å²) in [5.41, 5.74) is -0.420. The molecule has 13 heteroatoms. The lowest BCUT2D eigenvalue weighted by Crippen LogP contribution is -2.55. The number of aliphatic carboxylic acids is 2. The summed E-state index contributed by atoms with van der Waals surface area (Å²) in [4.78, 5) is 48.0. The molecule has 4 N–H and O–H groups in total. The Kier molecular flexibility index (Phi) is 9.51. The van der Waals surface area contributed by atoms with E-state index in [1.165, 1.54) is 11.3 Å². The number of carboxylic acids is 2. The van der Waals surface area contributed by atoms with Gasteiger partial charge in [0.25, 0.3) is 0 Å². The number of thiazole rings is 1. The highest BCUT2D eigenvalue weighted by atomic mass is 35.5. The molecule has 0 spiro atoms. The molecule has 0 radical (unpaired) electrons. The number of nitrogens with zero attached hydrogens (tertiary/aromatic N) is 3. The van der Waals surface area contributed by atoms with Crippen LogP contribution in [0.15, 0.2) is 52.3 Å². The number of hydrogen-bond acceptors (Lipinski definition) is 8. The van der Waals surface area contributed by atoms with E-state index in [1.54, 1.807) is 29.3 Å². The maximum atomic E-state index is 13.8. The van der Waals surface area contributed by atoms with Gasteiger partial charge in [-0.05, 0) is 63.0 Å². The highest BCUT2D eigenvalue weighted by Gasteiger charge is 2.51. The van der Waals surface area contributed by atoms with Gasteiger partial charge in [0, 0.05) is 77.2 Å². The molecule has 1 aromatic carbocycles. The molecule has 1 aromatic heterocycles. The Balaban J connectivity index is 1.25. The third kappa shape index (κ3) is 6.32. The van der Waals surface area contributed by atoms with Gasteiger partial charge in [0.05, 0.1) is 34.1 Å². The maximum absolute atomic E-state index is 13.8. The number of benzene rings is 1. The van der Waals surface area contributed by atoms with Gasteiger partial charge in [-0.15, -0.1) is 11.3 Å². The number of fused-ring (bicyclic) bond motifs is 2. The van der Waals surface area contributed by atoms with Gasteiger partial charge >= 0.3 is 11.9 Å². The van der Waals surface area contributed by atoms with Crippen LogP contribution in [-0.2, 0) is 20.8 Å². The molecule has 4 aliphatic rings. The molecule has 2 aromatic rings. The van der Waals surface area contributed by atoms with Crippen LogP contribution in [-0.4, -0.2) is 85.8 Å². The van der Waals surface area contributed by atoms with Crippen LogP contribution in [0.1, 0.15) is 61.9 Å². The first-order valence-electron chi connectivity index (χ1n) is 15.7. The Hall–Kier alpha value is -2.96. The number of hydrogen-bond donors (Lipinski definition) is 4. The van der Waals surface area contributed by atoms with Crippen molar-refractivity contribution in [3.63, 3.8) is 0 Å². The zero-order valence-corrected chi connectivity index (χ0v) is 27.9. The average Bonchev–Trinajstić information content (AvgIpc) is 3.54. The first-order chi connectivity index (χ1) is 22.0. The van der Waals surface area contributed by atoms with E-state index < -0.39 is 23.5 Å². The Bertz CT molecular complexity index is 1550. The van der Waals surface area contributed by atoms with Crippen LogP contribution < -0.4 is 5.32 Å². The van der Waals surface area contributed by atoms with E-state index in [0.717, 1.165) is 30.7 Å². The molecule has 3 fully saturated rings. The van der Waals surface area contributed by atoms with E-state index in [-0.39, 0.29) is 51.2 Å². The van der Waals surface area contributed by atoms with E-state index in [4.69, 9.17) is 23.2 Å². The van der Waals surface area contributed by atoms with Crippen LogP contribution in [0.3, 0.4) is 0 Å². The van der Waals surface area contributed by atoms with E-state index >= 15 is 0 Å². The van der Waals surface area contributed by atoms with Crippen molar-refractivity contribution in [3.05, 3.63) is 72.9 Å². The lowest BCUT2D eigenvalue weighted by atomic mass is 9.73. The summed E-state index contributed by atoms with van der Waals surface area (Å²) in [5.74, 6) is -3.59. The van der Waals surface area contributed by atoms with Gasteiger partial charge in [-0.25, -0.2) is 14.6 Å². The fourth-order valence-electron chi connectivity index (χ4n) is 8.02. The molecule has 2 aliphatic carbocycles. The van der Waals surface area contributed by atoms with Crippen molar-refractivity contribution in [1.29, 1.82) is 0 Å². The number of carbonyl (C=O) groups excluding carboxylic acids is 1. The van der Waals surface area contributed by atoms with Crippen molar-refractivity contribution in [2.24, 2.45) is 11.8 Å². The second-order valence-corrected chi connectivity index (χ2v) is 14.7. The summed E-state index contributed by atoms with van der Waals surface area (Å²) in [6.45, 7) is 4.39. The normalized spacial score (nSPS) is 28.4. The number of allylic oxidation sites excluding steroid dienone is 1. The van der Waals surface area contributed by atoms with Crippen molar-refractivity contribution < 1.29 is 29.7 Å².